The lowest BCUT2D eigenvalue weighted by Gasteiger charge is -2.54. The molecule has 0 amide bonds. The number of fused-ring (bicyclic) bond motifs is 4. The van der Waals surface area contributed by atoms with Crippen LogP contribution in [-0.4, -0.2) is 4.57 Å². The second-order valence-corrected chi connectivity index (χ2v) is 11.4. The van der Waals surface area contributed by atoms with E-state index in [0.29, 0.717) is 0 Å². The molecule has 6 aromatic carbocycles. The first-order chi connectivity index (χ1) is 19.9. The van der Waals surface area contributed by atoms with Gasteiger partial charge in [-0.1, -0.05) is 97.1 Å². The van der Waals surface area contributed by atoms with Crippen molar-refractivity contribution in [2.24, 2.45) is 0 Å². The summed E-state index contributed by atoms with van der Waals surface area (Å²) in [4.78, 5) is 0. The quantitative estimate of drug-likeness (QED) is 0.234. The summed E-state index contributed by atoms with van der Waals surface area (Å²) in [6.45, 7) is 0. The van der Waals surface area contributed by atoms with Crippen LogP contribution in [0.5, 0.6) is 0 Å². The molecule has 2 bridgehead atoms. The molecule has 2 heterocycles. The molecule has 0 unspecified atom stereocenters. The molecule has 0 fully saturated rings. The fourth-order valence-corrected chi connectivity index (χ4v) is 8.28. The van der Waals surface area contributed by atoms with Crippen molar-refractivity contribution in [3.05, 3.63) is 172 Å². The first-order valence-electron chi connectivity index (χ1n) is 14.1. The third-order valence-electron chi connectivity index (χ3n) is 9.63. The van der Waals surface area contributed by atoms with Crippen molar-refractivity contribution >= 4 is 33.2 Å². The zero-order valence-corrected chi connectivity index (χ0v) is 21.7. The van der Waals surface area contributed by atoms with Gasteiger partial charge in [0.1, 0.15) is 0 Å². The Balaban J connectivity index is 1.43. The molecular formula is C38H24N2. The van der Waals surface area contributed by atoms with Gasteiger partial charge in [-0.15, -0.1) is 0 Å². The lowest BCUT2D eigenvalue weighted by Crippen LogP contribution is -2.45. The summed E-state index contributed by atoms with van der Waals surface area (Å²) in [6, 6.07) is 49.7. The summed E-state index contributed by atoms with van der Waals surface area (Å²) in [5.41, 5.74) is 15.6. The number of anilines is 2. The Kier molecular flexibility index (Phi) is 3.70. The van der Waals surface area contributed by atoms with Crippen LogP contribution in [0.4, 0.5) is 11.4 Å². The molecule has 1 aromatic heterocycles. The number of nitrogens with one attached hydrogen (secondary N) is 1. The summed E-state index contributed by atoms with van der Waals surface area (Å²) < 4.78 is 2.44. The van der Waals surface area contributed by atoms with Crippen LogP contribution in [0.25, 0.3) is 27.5 Å². The van der Waals surface area contributed by atoms with E-state index in [-0.39, 0.29) is 11.3 Å². The van der Waals surface area contributed by atoms with Crippen molar-refractivity contribution in [1.29, 1.82) is 0 Å². The number of hydrogen-bond donors (Lipinski definition) is 1. The fraction of sp³-hybridized carbons (Fsp3) is 0.0526. The second kappa shape index (κ2) is 7.11. The minimum absolute atomic E-state index is 0.257. The van der Waals surface area contributed by atoms with E-state index < -0.39 is 0 Å². The predicted octanol–water partition coefficient (Wildman–Crippen LogP) is 9.03. The molecule has 0 atom stereocenters. The summed E-state index contributed by atoms with van der Waals surface area (Å²) >= 11 is 0. The van der Waals surface area contributed by atoms with Crippen molar-refractivity contribution in [3.63, 3.8) is 0 Å². The Hall–Kier alpha value is -5.08. The largest absolute Gasteiger partial charge is 0.355 e. The van der Waals surface area contributed by atoms with E-state index in [9.17, 15) is 0 Å². The van der Waals surface area contributed by atoms with E-state index in [1.165, 1.54) is 77.8 Å². The van der Waals surface area contributed by atoms with Crippen LogP contribution in [0.3, 0.4) is 0 Å². The third kappa shape index (κ3) is 2.26. The first-order valence-corrected chi connectivity index (χ1v) is 14.1. The molecule has 0 saturated carbocycles. The van der Waals surface area contributed by atoms with E-state index in [4.69, 9.17) is 0 Å². The number of para-hydroxylation sites is 2. The van der Waals surface area contributed by atoms with Crippen LogP contribution in [0.15, 0.2) is 133 Å². The van der Waals surface area contributed by atoms with Crippen LogP contribution in [-0.2, 0) is 5.41 Å². The molecule has 3 aliphatic carbocycles. The summed E-state index contributed by atoms with van der Waals surface area (Å²) in [6.07, 6.45) is 0. The summed E-state index contributed by atoms with van der Waals surface area (Å²) in [7, 11) is 0. The van der Waals surface area contributed by atoms with E-state index in [1.807, 2.05) is 0 Å². The highest BCUT2D eigenvalue weighted by atomic mass is 15.0. The van der Waals surface area contributed by atoms with E-state index in [1.54, 1.807) is 0 Å². The minimum Gasteiger partial charge on any atom is -0.355 e. The van der Waals surface area contributed by atoms with Gasteiger partial charge >= 0.3 is 0 Å². The summed E-state index contributed by atoms with van der Waals surface area (Å²) in [5, 5.41) is 6.46. The molecule has 0 radical (unpaired) electrons. The topological polar surface area (TPSA) is 17.0 Å². The highest BCUT2D eigenvalue weighted by Gasteiger charge is 2.56. The monoisotopic (exact) mass is 508 g/mol. The number of benzene rings is 6. The van der Waals surface area contributed by atoms with Crippen molar-refractivity contribution in [3.8, 4) is 5.69 Å². The SMILES string of the molecule is c1ccc(-n2c3ccccc3c3cc4c(cc32)C23c5ccccc5C(c5ccccc52)c2cccc(c23)N4)cc1. The lowest BCUT2D eigenvalue weighted by atomic mass is 9.49. The first kappa shape index (κ1) is 20.8. The van der Waals surface area contributed by atoms with Gasteiger partial charge in [0.2, 0.25) is 0 Å². The molecule has 186 valence electrons. The molecule has 40 heavy (non-hydrogen) atoms. The second-order valence-electron chi connectivity index (χ2n) is 11.4. The van der Waals surface area contributed by atoms with E-state index in [0.717, 1.165) is 0 Å². The Morgan fingerprint density at radius 3 is 1.98 bits per heavy atom. The van der Waals surface area contributed by atoms with Gasteiger partial charge in [-0.3, -0.25) is 0 Å². The number of nitrogens with zero attached hydrogens (tertiary/aromatic N) is 1. The zero-order chi connectivity index (χ0) is 26.0. The average molecular weight is 509 g/mol. The van der Waals surface area contributed by atoms with Crippen molar-refractivity contribution in [2.75, 3.05) is 5.32 Å². The number of aromatic nitrogens is 1. The molecule has 4 aliphatic rings. The van der Waals surface area contributed by atoms with Gasteiger partial charge in [-0.05, 0) is 75.3 Å². The molecule has 1 spiro atoms. The molecule has 0 saturated heterocycles. The van der Waals surface area contributed by atoms with Crippen LogP contribution in [0.1, 0.15) is 44.9 Å². The van der Waals surface area contributed by atoms with Gasteiger partial charge in [-0.2, -0.15) is 0 Å². The van der Waals surface area contributed by atoms with Crippen molar-refractivity contribution in [1.82, 2.24) is 4.57 Å². The third-order valence-corrected chi connectivity index (χ3v) is 9.63. The molecule has 1 aliphatic heterocycles. The van der Waals surface area contributed by atoms with Gasteiger partial charge in [0.15, 0.2) is 0 Å². The van der Waals surface area contributed by atoms with E-state index >= 15 is 0 Å². The van der Waals surface area contributed by atoms with Gasteiger partial charge in [0.05, 0.1) is 16.4 Å². The normalized spacial score (nSPS) is 19.1. The molecule has 2 heteroatoms. The maximum absolute atomic E-state index is 3.92. The van der Waals surface area contributed by atoms with Gasteiger partial charge < -0.3 is 9.88 Å². The highest BCUT2D eigenvalue weighted by Crippen LogP contribution is 2.66. The van der Waals surface area contributed by atoms with E-state index in [2.05, 4.69) is 143 Å². The van der Waals surface area contributed by atoms with Crippen LogP contribution >= 0.6 is 0 Å². The van der Waals surface area contributed by atoms with Crippen LogP contribution < -0.4 is 5.32 Å². The Labute approximate surface area is 232 Å². The Morgan fingerprint density at radius 1 is 0.500 bits per heavy atom. The predicted molar refractivity (Wildman–Crippen MR) is 163 cm³/mol. The van der Waals surface area contributed by atoms with Gasteiger partial charge in [0, 0.05) is 33.8 Å². The molecule has 2 nitrogen and oxygen atoms in total. The highest BCUT2D eigenvalue weighted by molar-refractivity contribution is 6.11. The van der Waals surface area contributed by atoms with Gasteiger partial charge in [-0.25, -0.2) is 0 Å². The minimum atomic E-state index is -0.374. The molecular weight excluding hydrogens is 484 g/mol. The van der Waals surface area contributed by atoms with Crippen LogP contribution in [0.2, 0.25) is 0 Å². The van der Waals surface area contributed by atoms with Gasteiger partial charge in [0.25, 0.3) is 0 Å². The zero-order valence-electron chi connectivity index (χ0n) is 21.7. The van der Waals surface area contributed by atoms with Crippen molar-refractivity contribution < 1.29 is 0 Å². The fourth-order valence-electron chi connectivity index (χ4n) is 8.28. The van der Waals surface area contributed by atoms with Crippen LogP contribution in [0, 0.1) is 0 Å². The molecule has 11 rings (SSSR count). The molecule has 1 N–H and O–H groups in total. The van der Waals surface area contributed by atoms with Crippen molar-refractivity contribution in [2.45, 2.75) is 11.3 Å². The maximum atomic E-state index is 3.92. The average Bonchev–Trinajstić information content (AvgIpc) is 3.34. The number of rotatable bonds is 1. The standard InChI is InChI=1S/C38H24N2/c1-2-11-23(12-3-1)40-34-20-9-6-13-24(34)28-21-33-31(22-35(28)40)38-29-17-7-4-14-25(29)36(26-15-5-8-18-30(26)38)27-16-10-19-32(39-33)37(27)38/h1-22,36,39H. The maximum Gasteiger partial charge on any atom is 0.0751 e. The summed E-state index contributed by atoms with van der Waals surface area (Å²) in [5.74, 6) is 0.257. The Morgan fingerprint density at radius 2 is 1.18 bits per heavy atom. The Bertz CT molecular complexity index is 2150. The smallest absolute Gasteiger partial charge is 0.0751 e. The lowest BCUT2D eigenvalue weighted by molar-refractivity contribution is 0.628. The molecule has 7 aromatic rings. The number of hydrogen-bond acceptors (Lipinski definition) is 1.